The molecule has 0 radical (unpaired) electrons. The summed E-state index contributed by atoms with van der Waals surface area (Å²) in [6.45, 7) is 5.83. The quantitative estimate of drug-likeness (QED) is 0.695. The molecule has 0 spiro atoms. The van der Waals surface area contributed by atoms with Crippen LogP contribution in [0.25, 0.3) is 0 Å². The number of nitrogens with zero attached hydrogens (tertiary/aromatic N) is 1. The summed E-state index contributed by atoms with van der Waals surface area (Å²) in [5.74, 6) is -0.0422. The van der Waals surface area contributed by atoms with Crippen LogP contribution in [0.5, 0.6) is 0 Å². The van der Waals surface area contributed by atoms with Gasteiger partial charge in [-0.25, -0.2) is 4.79 Å². The summed E-state index contributed by atoms with van der Waals surface area (Å²) in [5.41, 5.74) is 0. The number of hydrogen-bond donors (Lipinski definition) is 2. The van der Waals surface area contributed by atoms with Gasteiger partial charge in [0.15, 0.2) is 0 Å². The zero-order chi connectivity index (χ0) is 12.0. The smallest absolute Gasteiger partial charge is 0.318 e. The summed E-state index contributed by atoms with van der Waals surface area (Å²) in [5, 5.41) is 5.62. The van der Waals surface area contributed by atoms with Crippen molar-refractivity contribution < 1.29 is 9.59 Å². The summed E-state index contributed by atoms with van der Waals surface area (Å²) in [7, 11) is 0. The maximum absolute atomic E-state index is 11.8. The van der Waals surface area contributed by atoms with Crippen molar-refractivity contribution in [2.75, 3.05) is 19.6 Å². The molecule has 3 amide bonds. The number of piperazine rings is 1. The topological polar surface area (TPSA) is 61.4 Å². The number of carbonyl (C=O) groups excluding carboxylic acids is 2. The van der Waals surface area contributed by atoms with E-state index in [9.17, 15) is 9.59 Å². The maximum Gasteiger partial charge on any atom is 0.318 e. The highest BCUT2D eigenvalue weighted by atomic mass is 16.2. The van der Waals surface area contributed by atoms with E-state index in [1.54, 1.807) is 4.90 Å². The molecule has 16 heavy (non-hydrogen) atoms. The van der Waals surface area contributed by atoms with Crippen LogP contribution >= 0.6 is 0 Å². The summed E-state index contributed by atoms with van der Waals surface area (Å²) < 4.78 is 0. The number of rotatable bonds is 4. The maximum atomic E-state index is 11.8. The second kappa shape index (κ2) is 6.35. The van der Waals surface area contributed by atoms with Crippen LogP contribution in [0.3, 0.4) is 0 Å². The lowest BCUT2D eigenvalue weighted by Gasteiger charge is -2.34. The van der Waals surface area contributed by atoms with Gasteiger partial charge in [-0.05, 0) is 12.8 Å². The number of nitrogens with one attached hydrogen (secondary N) is 2. The molecule has 1 fully saturated rings. The first-order valence-corrected chi connectivity index (χ1v) is 6.02. The zero-order valence-electron chi connectivity index (χ0n) is 10.1. The fourth-order valence-corrected chi connectivity index (χ4v) is 1.84. The SMILES string of the molecule is CCCCNC(=O)N1CCNC(=O)C1CC. The normalized spacial score (nSPS) is 20.5. The van der Waals surface area contributed by atoms with Gasteiger partial charge in [-0.1, -0.05) is 20.3 Å². The molecule has 1 aliphatic heterocycles. The van der Waals surface area contributed by atoms with Gasteiger partial charge in [-0.15, -0.1) is 0 Å². The molecule has 1 rings (SSSR count). The molecule has 0 aromatic heterocycles. The van der Waals surface area contributed by atoms with Gasteiger partial charge in [-0.3, -0.25) is 4.79 Å². The fourth-order valence-electron chi connectivity index (χ4n) is 1.84. The van der Waals surface area contributed by atoms with Gasteiger partial charge in [0.1, 0.15) is 6.04 Å². The molecule has 5 heteroatoms. The van der Waals surface area contributed by atoms with Crippen molar-refractivity contribution in [2.24, 2.45) is 0 Å². The Kier molecular flexibility index (Phi) is 5.08. The third-order valence-electron chi connectivity index (χ3n) is 2.78. The second-order valence-corrected chi connectivity index (χ2v) is 3.99. The Morgan fingerprint density at radius 3 is 2.94 bits per heavy atom. The summed E-state index contributed by atoms with van der Waals surface area (Å²) >= 11 is 0. The lowest BCUT2D eigenvalue weighted by molar-refractivity contribution is -0.127. The highest BCUT2D eigenvalue weighted by molar-refractivity contribution is 5.88. The van der Waals surface area contributed by atoms with Gasteiger partial charge in [0.05, 0.1) is 0 Å². The molecule has 1 unspecified atom stereocenters. The number of urea groups is 1. The van der Waals surface area contributed by atoms with Gasteiger partial charge < -0.3 is 15.5 Å². The number of amides is 3. The standard InChI is InChI=1S/C11H21N3O2/c1-3-5-6-13-11(16)14-8-7-12-10(15)9(14)4-2/h9H,3-8H2,1-2H3,(H,12,15)(H,13,16). The molecule has 0 aromatic carbocycles. The highest BCUT2D eigenvalue weighted by Gasteiger charge is 2.31. The number of carbonyl (C=O) groups is 2. The van der Waals surface area contributed by atoms with Crippen LogP contribution in [-0.4, -0.2) is 42.5 Å². The van der Waals surface area contributed by atoms with Crippen molar-refractivity contribution in [3.05, 3.63) is 0 Å². The number of hydrogen-bond acceptors (Lipinski definition) is 2. The van der Waals surface area contributed by atoms with Crippen LogP contribution in [-0.2, 0) is 4.79 Å². The molecule has 0 saturated carbocycles. The lowest BCUT2D eigenvalue weighted by Crippen LogP contribution is -2.59. The van der Waals surface area contributed by atoms with E-state index in [1.165, 1.54) is 0 Å². The molecule has 0 bridgehead atoms. The van der Waals surface area contributed by atoms with Crippen LogP contribution in [0, 0.1) is 0 Å². The molecular formula is C11H21N3O2. The van der Waals surface area contributed by atoms with E-state index < -0.39 is 0 Å². The van der Waals surface area contributed by atoms with Crippen molar-refractivity contribution in [1.29, 1.82) is 0 Å². The molecule has 0 aliphatic carbocycles. The minimum Gasteiger partial charge on any atom is -0.353 e. The van der Waals surface area contributed by atoms with Crippen molar-refractivity contribution in [3.8, 4) is 0 Å². The first kappa shape index (κ1) is 12.8. The monoisotopic (exact) mass is 227 g/mol. The van der Waals surface area contributed by atoms with E-state index in [-0.39, 0.29) is 18.0 Å². The van der Waals surface area contributed by atoms with Crippen molar-refractivity contribution >= 4 is 11.9 Å². The minimum atomic E-state index is -0.310. The Morgan fingerprint density at radius 1 is 1.56 bits per heavy atom. The number of unbranched alkanes of at least 4 members (excludes halogenated alkanes) is 1. The molecule has 1 atom stereocenters. The largest absolute Gasteiger partial charge is 0.353 e. The van der Waals surface area contributed by atoms with Crippen LogP contribution in [0.1, 0.15) is 33.1 Å². The van der Waals surface area contributed by atoms with Gasteiger partial charge in [0.25, 0.3) is 0 Å². The Morgan fingerprint density at radius 2 is 2.31 bits per heavy atom. The van der Waals surface area contributed by atoms with Gasteiger partial charge in [0.2, 0.25) is 5.91 Å². The molecular weight excluding hydrogens is 206 g/mol. The van der Waals surface area contributed by atoms with E-state index >= 15 is 0 Å². The van der Waals surface area contributed by atoms with E-state index in [2.05, 4.69) is 17.6 Å². The Bertz CT molecular complexity index is 256. The van der Waals surface area contributed by atoms with Gasteiger partial charge >= 0.3 is 6.03 Å². The van der Waals surface area contributed by atoms with E-state index in [0.717, 1.165) is 12.8 Å². The fraction of sp³-hybridized carbons (Fsp3) is 0.818. The third kappa shape index (κ3) is 3.12. The minimum absolute atomic E-state index is 0.0422. The molecule has 2 N–H and O–H groups in total. The molecule has 5 nitrogen and oxygen atoms in total. The molecule has 0 aromatic rings. The van der Waals surface area contributed by atoms with E-state index in [1.807, 2.05) is 6.92 Å². The molecule has 1 saturated heterocycles. The molecule has 1 heterocycles. The predicted molar refractivity (Wildman–Crippen MR) is 62.1 cm³/mol. The van der Waals surface area contributed by atoms with Crippen LogP contribution < -0.4 is 10.6 Å². The highest BCUT2D eigenvalue weighted by Crippen LogP contribution is 2.08. The van der Waals surface area contributed by atoms with Crippen molar-refractivity contribution in [1.82, 2.24) is 15.5 Å². The molecule has 1 aliphatic rings. The lowest BCUT2D eigenvalue weighted by atomic mass is 10.1. The average molecular weight is 227 g/mol. The first-order valence-electron chi connectivity index (χ1n) is 6.02. The van der Waals surface area contributed by atoms with Crippen molar-refractivity contribution in [2.45, 2.75) is 39.2 Å². The average Bonchev–Trinajstić information content (AvgIpc) is 2.29. The van der Waals surface area contributed by atoms with E-state index in [0.29, 0.717) is 26.1 Å². The van der Waals surface area contributed by atoms with E-state index in [4.69, 9.17) is 0 Å². The van der Waals surface area contributed by atoms with Crippen LogP contribution in [0.4, 0.5) is 4.79 Å². The second-order valence-electron chi connectivity index (χ2n) is 3.99. The van der Waals surface area contributed by atoms with Gasteiger partial charge in [-0.2, -0.15) is 0 Å². The van der Waals surface area contributed by atoms with Crippen molar-refractivity contribution in [3.63, 3.8) is 0 Å². The Labute approximate surface area is 96.6 Å². The predicted octanol–water partition coefficient (Wildman–Crippen LogP) is 0.706. The Balaban J connectivity index is 2.48. The van der Waals surface area contributed by atoms with Crippen LogP contribution in [0.2, 0.25) is 0 Å². The van der Waals surface area contributed by atoms with Crippen LogP contribution in [0.15, 0.2) is 0 Å². The molecule has 92 valence electrons. The third-order valence-corrected chi connectivity index (χ3v) is 2.78. The van der Waals surface area contributed by atoms with Gasteiger partial charge in [0, 0.05) is 19.6 Å². The zero-order valence-corrected chi connectivity index (χ0v) is 10.1. The summed E-state index contributed by atoms with van der Waals surface area (Å²) in [6.07, 6.45) is 2.69. The summed E-state index contributed by atoms with van der Waals surface area (Å²) in [6, 6.07) is -0.425. The Hall–Kier alpha value is -1.26. The summed E-state index contributed by atoms with van der Waals surface area (Å²) in [4.78, 5) is 25.0. The first-order chi connectivity index (χ1) is 7.70.